The molecule has 0 aromatic rings. The van der Waals surface area contributed by atoms with E-state index in [4.69, 9.17) is 97.3 Å². The van der Waals surface area contributed by atoms with Crippen LogP contribution in [-0.4, -0.2) is 247 Å². The predicted molar refractivity (Wildman–Crippen MR) is 391 cm³/mol. The Labute approximate surface area is 590 Å². The van der Waals surface area contributed by atoms with Gasteiger partial charge in [-0.3, -0.25) is 0 Å². The highest BCUT2D eigenvalue weighted by molar-refractivity contribution is 5.87. The van der Waals surface area contributed by atoms with Crippen molar-refractivity contribution in [2.24, 2.45) is 0 Å². The van der Waals surface area contributed by atoms with Crippen molar-refractivity contribution >= 4 is 11.9 Å². The predicted octanol–water partition coefficient (Wildman–Crippen LogP) is 9.66. The van der Waals surface area contributed by atoms with Crippen molar-refractivity contribution < 1.29 is 112 Å². The van der Waals surface area contributed by atoms with Gasteiger partial charge in [0.15, 0.2) is 0 Å². The number of aliphatic hydroxyl groups is 8. The van der Waals surface area contributed by atoms with E-state index in [0.29, 0.717) is 84.9 Å². The van der Waals surface area contributed by atoms with Crippen LogP contribution in [0.1, 0.15) is 118 Å². The van der Waals surface area contributed by atoms with E-state index in [9.17, 15) is 14.7 Å². The molecule has 8 N–H and O–H groups in total. The van der Waals surface area contributed by atoms with Crippen molar-refractivity contribution in [3.63, 3.8) is 0 Å². The zero-order valence-corrected chi connectivity index (χ0v) is 63.0. The normalized spacial score (nSPS) is 12.0. The van der Waals surface area contributed by atoms with E-state index in [-0.39, 0.29) is 91.0 Å². The van der Waals surface area contributed by atoms with E-state index < -0.39 is 36.4 Å². The van der Waals surface area contributed by atoms with Gasteiger partial charge >= 0.3 is 11.9 Å². The van der Waals surface area contributed by atoms with Gasteiger partial charge in [0.1, 0.15) is 49.3 Å². The molecule has 0 saturated carbocycles. The fourth-order valence-corrected chi connectivity index (χ4v) is 5.11. The Hall–Kier alpha value is -5.52. The fourth-order valence-electron chi connectivity index (χ4n) is 5.11. The lowest BCUT2D eigenvalue weighted by Gasteiger charge is -2.15. The van der Waals surface area contributed by atoms with Crippen LogP contribution in [0.2, 0.25) is 0 Å². The van der Waals surface area contributed by atoms with Gasteiger partial charge in [0.2, 0.25) is 0 Å². The molecule has 0 aliphatic carbocycles. The third-order valence-electron chi connectivity index (χ3n) is 10.7. The maximum Gasteiger partial charge on any atom is 0.333 e. The van der Waals surface area contributed by atoms with Gasteiger partial charge in [-0.15, -0.1) is 6.58 Å². The van der Waals surface area contributed by atoms with Crippen LogP contribution in [0.4, 0.5) is 0 Å². The summed E-state index contributed by atoms with van der Waals surface area (Å²) < 4.78 is 66.7. The second-order valence-electron chi connectivity index (χ2n) is 23.1. The molecule has 0 amide bonds. The highest BCUT2D eigenvalue weighted by atomic mass is 16.6. The Morgan fingerprint density at radius 1 is 0.337 bits per heavy atom. The average molecular weight is 1400 g/mol. The maximum absolute atomic E-state index is 11.2. The lowest BCUT2D eigenvalue weighted by molar-refractivity contribution is -0.149. The Balaban J connectivity index is -0.000000198. The highest BCUT2D eigenvalue weighted by Gasteiger charge is 2.15. The van der Waals surface area contributed by atoms with Gasteiger partial charge in [0.25, 0.3) is 0 Å². The molecule has 0 aliphatic rings. The number of carbonyl (C=O) groups excluding carboxylic acids is 2. The first-order chi connectivity index (χ1) is 46.4. The molecule has 7 unspecified atom stereocenters. The molecular formula is C75H134O23. The lowest BCUT2D eigenvalue weighted by Crippen LogP contribution is -2.27. The molecule has 98 heavy (non-hydrogen) atoms. The summed E-state index contributed by atoms with van der Waals surface area (Å²) in [6.45, 7) is 56.6. The maximum atomic E-state index is 11.2. The molecule has 23 nitrogen and oxygen atoms in total. The number of carbonyl (C=O) groups is 2. The Morgan fingerprint density at radius 3 is 0.898 bits per heavy atom. The zero-order valence-electron chi connectivity index (χ0n) is 63.0. The molecule has 0 radical (unpaired) electrons. The van der Waals surface area contributed by atoms with Gasteiger partial charge in [0.05, 0.1) is 158 Å². The lowest BCUT2D eigenvalue weighted by atomic mass is 10.3. The summed E-state index contributed by atoms with van der Waals surface area (Å²) in [4.78, 5) is 22.0. The van der Waals surface area contributed by atoms with E-state index in [1.54, 1.807) is 13.0 Å². The van der Waals surface area contributed by atoms with E-state index >= 15 is 0 Å². The van der Waals surface area contributed by atoms with Gasteiger partial charge in [-0.25, -0.2) is 9.59 Å². The number of allylic oxidation sites excluding steroid dienone is 8. The van der Waals surface area contributed by atoms with Crippen LogP contribution in [0.25, 0.3) is 0 Å². The second kappa shape index (κ2) is 80.5. The molecule has 0 rings (SSSR count). The van der Waals surface area contributed by atoms with Crippen molar-refractivity contribution in [1.29, 1.82) is 0 Å². The quantitative estimate of drug-likeness (QED) is 0.00923. The van der Waals surface area contributed by atoms with Gasteiger partial charge < -0.3 is 102 Å². The molecule has 0 aliphatic heterocycles. The molecule has 7 atom stereocenters. The fraction of sp³-hybridized carbons (Fsp3) is 0.627. The Morgan fingerprint density at radius 2 is 0.622 bits per heavy atom. The van der Waals surface area contributed by atoms with E-state index in [1.807, 2.05) is 159 Å². The molecule has 0 heterocycles. The van der Waals surface area contributed by atoms with E-state index in [2.05, 4.69) is 32.9 Å². The first kappa shape index (κ1) is 106. The smallest absolute Gasteiger partial charge is 0.333 e. The van der Waals surface area contributed by atoms with Crippen LogP contribution in [-0.2, 0) is 71.2 Å². The van der Waals surface area contributed by atoms with E-state index in [0.717, 1.165) is 17.2 Å². The number of rotatable bonds is 49. The van der Waals surface area contributed by atoms with Crippen LogP contribution < -0.4 is 0 Å². The van der Waals surface area contributed by atoms with Crippen molar-refractivity contribution in [1.82, 2.24) is 0 Å². The summed E-state index contributed by atoms with van der Waals surface area (Å²) in [5, 5.41) is 71.0. The number of hydrogen-bond acceptors (Lipinski definition) is 23. The minimum Gasteiger partial charge on any atom is -0.499 e. The van der Waals surface area contributed by atoms with Gasteiger partial charge in [-0.2, -0.15) is 0 Å². The minimum absolute atomic E-state index is 0.00851. The van der Waals surface area contributed by atoms with Crippen molar-refractivity contribution in [3.8, 4) is 0 Å². The van der Waals surface area contributed by atoms with Crippen LogP contribution in [0.3, 0.4) is 0 Å². The summed E-state index contributed by atoms with van der Waals surface area (Å²) in [6.07, 6.45) is 17.6. The van der Waals surface area contributed by atoms with Crippen molar-refractivity contribution in [2.45, 2.75) is 160 Å². The Bertz CT molecular complexity index is 2160. The largest absolute Gasteiger partial charge is 0.499 e. The molecule has 0 bridgehead atoms. The van der Waals surface area contributed by atoms with Crippen LogP contribution in [0, 0.1) is 0 Å². The highest BCUT2D eigenvalue weighted by Crippen LogP contribution is 2.03. The van der Waals surface area contributed by atoms with E-state index in [1.165, 1.54) is 46.0 Å². The van der Waals surface area contributed by atoms with Crippen LogP contribution >= 0.6 is 0 Å². The molecule has 0 spiro atoms. The van der Waals surface area contributed by atoms with Crippen molar-refractivity contribution in [3.05, 3.63) is 156 Å². The first-order valence-electron chi connectivity index (χ1n) is 32.5. The monoisotopic (exact) mass is 1400 g/mol. The summed E-state index contributed by atoms with van der Waals surface area (Å²) in [7, 11) is 0. The summed E-state index contributed by atoms with van der Waals surface area (Å²) in [5.41, 5.74) is 9.87. The summed E-state index contributed by atoms with van der Waals surface area (Å²) >= 11 is 0. The Kier molecular flexibility index (Phi) is 87.0. The van der Waals surface area contributed by atoms with Crippen molar-refractivity contribution in [2.75, 3.05) is 152 Å². The third-order valence-corrected chi connectivity index (χ3v) is 10.7. The molecular weight excluding hydrogens is 1270 g/mol. The number of esters is 2. The standard InChI is InChI=1S/C13H24O3.C12H20O4.C11H18O4.C11H20O3.2C10H18O3.C8H16O3/c1-11(2)5-7-15-10-13(9-14)16-8-6-12(3)4;1-9(2)5-6-15-8-11(7-13)16-12(14)10(3)4;1-4-11(13)15-10(7-12)8-14-6-5-9(2)3;1-4-6-14-11(8-12)9-13-7-5-10(2)3;1-4-12-7-10(11)8-13-6-5-9(2)3;1-4-13-10(7-11)8-12-6-5-9(2)3;1-7(2)3-4-11-6-8(10)5-9/h5-6,13-14H,7-10H2,1-4H3;5,11,13H,3,6-8H2,1-2,4H3;4-5,10,12H,1,6-8H2,2-3H3;4-5,11-12H,1,6-9H2,2-3H3;2*4-5,10-11H,1,6-8H2,2-3H3;3,8-10H,4-6H2,1-2H3. The first-order valence-corrected chi connectivity index (χ1v) is 32.5. The molecule has 0 aromatic heterocycles. The molecule has 0 saturated heterocycles. The number of aliphatic hydroxyl groups excluding tert-OH is 8. The number of ether oxygens (including phenoxy) is 13. The molecule has 572 valence electrons. The second-order valence-corrected chi connectivity index (χ2v) is 23.1. The molecule has 0 aromatic carbocycles. The summed E-state index contributed by atoms with van der Waals surface area (Å²) in [6, 6.07) is 0. The SMILES string of the molecule is C=C(C)C(=O)OC(CO)COCC=C(C)C.C=CC(=O)OC(CO)COCC=C(C)C.C=CCOC(CO)COCC=C(C)C.C=COC(CO)COCC=C(C)C.C=COCC(O)COCC=C(C)C.CC(C)=CCOCC(CO)OCC=C(C)C.CC(C)=CCOCC(O)CO. The summed E-state index contributed by atoms with van der Waals surface area (Å²) in [5.74, 6) is -1.07. The molecule has 23 heteroatoms. The minimum atomic E-state index is -0.749. The number of hydrogen-bond donors (Lipinski definition) is 8. The zero-order chi connectivity index (χ0) is 76.3. The van der Waals surface area contributed by atoms with Gasteiger partial charge in [-0.1, -0.05) is 126 Å². The van der Waals surface area contributed by atoms with Crippen LogP contribution in [0.5, 0.6) is 0 Å². The third kappa shape index (κ3) is 96.9. The topological polar surface area (TPSA) is 316 Å². The van der Waals surface area contributed by atoms with Crippen LogP contribution in [0.15, 0.2) is 156 Å². The molecule has 0 fully saturated rings. The van der Waals surface area contributed by atoms with Gasteiger partial charge in [-0.05, 0) is 118 Å². The van der Waals surface area contributed by atoms with Gasteiger partial charge in [0, 0.05) is 11.6 Å². The average Bonchev–Trinajstić information content (AvgIpc) is 1.57.